The fourth-order valence-electron chi connectivity index (χ4n) is 2.22. The van der Waals surface area contributed by atoms with Gasteiger partial charge in [0.25, 0.3) is 0 Å². The Bertz CT molecular complexity index is 356. The Labute approximate surface area is 91.2 Å². The van der Waals surface area contributed by atoms with E-state index in [2.05, 4.69) is 26.8 Å². The second-order valence-corrected chi connectivity index (χ2v) is 4.67. The third kappa shape index (κ3) is 1.81. The molecule has 0 atom stereocenters. The fourth-order valence-corrected chi connectivity index (χ4v) is 2.22. The zero-order valence-corrected chi connectivity index (χ0v) is 9.67. The summed E-state index contributed by atoms with van der Waals surface area (Å²) in [5, 5.41) is 0. The lowest BCUT2D eigenvalue weighted by atomic mass is 9.80. The Balaban J connectivity index is 2.40. The van der Waals surface area contributed by atoms with Gasteiger partial charge in [0.2, 0.25) is 6.79 Å². The molecular formula is C13H18O2. The minimum atomic E-state index is 0.161. The highest BCUT2D eigenvalue weighted by Gasteiger charge is 2.27. The highest BCUT2D eigenvalue weighted by molar-refractivity contribution is 5.51. The molecule has 0 saturated carbocycles. The molecule has 15 heavy (non-hydrogen) atoms. The zero-order valence-electron chi connectivity index (χ0n) is 9.67. The largest absolute Gasteiger partial charge is 0.454 e. The van der Waals surface area contributed by atoms with E-state index < -0.39 is 0 Å². The van der Waals surface area contributed by atoms with Crippen molar-refractivity contribution in [3.63, 3.8) is 0 Å². The molecule has 1 aliphatic heterocycles. The van der Waals surface area contributed by atoms with E-state index >= 15 is 0 Å². The number of hydrogen-bond donors (Lipinski definition) is 0. The molecule has 1 aliphatic rings. The minimum absolute atomic E-state index is 0.161. The predicted octanol–water partition coefficient (Wildman–Crippen LogP) is 3.49. The standard InChI is InChI=1S/C13H18O2/c1-4-8-13(2,3)10-6-5-7-11-12(10)15-9-14-11/h5-7H,4,8-9H2,1-3H3. The Kier molecular flexibility index (Phi) is 2.59. The average Bonchev–Trinajstić information content (AvgIpc) is 2.64. The Morgan fingerprint density at radius 2 is 2.07 bits per heavy atom. The molecule has 0 aliphatic carbocycles. The van der Waals surface area contributed by atoms with Crippen LogP contribution in [0.25, 0.3) is 0 Å². The Morgan fingerprint density at radius 1 is 1.27 bits per heavy atom. The molecule has 1 heterocycles. The monoisotopic (exact) mass is 206 g/mol. The third-order valence-corrected chi connectivity index (χ3v) is 3.00. The number of fused-ring (bicyclic) bond motifs is 1. The van der Waals surface area contributed by atoms with Gasteiger partial charge in [0.1, 0.15) is 0 Å². The third-order valence-electron chi connectivity index (χ3n) is 3.00. The van der Waals surface area contributed by atoms with Crippen molar-refractivity contribution < 1.29 is 9.47 Å². The van der Waals surface area contributed by atoms with Crippen molar-refractivity contribution in [1.29, 1.82) is 0 Å². The van der Waals surface area contributed by atoms with E-state index in [4.69, 9.17) is 9.47 Å². The summed E-state index contributed by atoms with van der Waals surface area (Å²) in [6, 6.07) is 6.15. The molecule has 0 spiro atoms. The lowest BCUT2D eigenvalue weighted by Crippen LogP contribution is -2.17. The molecule has 0 aromatic heterocycles. The van der Waals surface area contributed by atoms with Crippen molar-refractivity contribution >= 4 is 0 Å². The second kappa shape index (κ2) is 3.76. The fraction of sp³-hybridized carbons (Fsp3) is 0.538. The summed E-state index contributed by atoms with van der Waals surface area (Å²) < 4.78 is 10.9. The smallest absolute Gasteiger partial charge is 0.231 e. The molecule has 82 valence electrons. The van der Waals surface area contributed by atoms with Crippen LogP contribution in [0.3, 0.4) is 0 Å². The summed E-state index contributed by atoms with van der Waals surface area (Å²) in [5.41, 5.74) is 1.42. The van der Waals surface area contributed by atoms with Gasteiger partial charge in [0.15, 0.2) is 11.5 Å². The molecular weight excluding hydrogens is 188 g/mol. The van der Waals surface area contributed by atoms with Crippen LogP contribution in [0, 0.1) is 0 Å². The van der Waals surface area contributed by atoms with Crippen LogP contribution in [0.2, 0.25) is 0 Å². The van der Waals surface area contributed by atoms with Gasteiger partial charge in [-0.1, -0.05) is 39.3 Å². The van der Waals surface area contributed by atoms with Crippen molar-refractivity contribution in [3.05, 3.63) is 23.8 Å². The molecule has 2 nitrogen and oxygen atoms in total. The van der Waals surface area contributed by atoms with E-state index in [0.717, 1.165) is 17.9 Å². The molecule has 1 aromatic rings. The van der Waals surface area contributed by atoms with Crippen molar-refractivity contribution in [3.8, 4) is 11.5 Å². The van der Waals surface area contributed by atoms with Crippen LogP contribution in [0.4, 0.5) is 0 Å². The van der Waals surface area contributed by atoms with Crippen LogP contribution in [-0.4, -0.2) is 6.79 Å². The van der Waals surface area contributed by atoms with Crippen LogP contribution in [-0.2, 0) is 5.41 Å². The first kappa shape index (κ1) is 10.3. The average molecular weight is 206 g/mol. The molecule has 0 radical (unpaired) electrons. The number of para-hydroxylation sites is 1. The van der Waals surface area contributed by atoms with E-state index in [-0.39, 0.29) is 5.41 Å². The summed E-state index contributed by atoms with van der Waals surface area (Å²) in [5.74, 6) is 1.83. The molecule has 0 fully saturated rings. The second-order valence-electron chi connectivity index (χ2n) is 4.67. The van der Waals surface area contributed by atoms with Gasteiger partial charge < -0.3 is 9.47 Å². The van der Waals surface area contributed by atoms with Gasteiger partial charge in [0.05, 0.1) is 0 Å². The summed E-state index contributed by atoms with van der Waals surface area (Å²) in [7, 11) is 0. The maximum absolute atomic E-state index is 5.54. The van der Waals surface area contributed by atoms with Gasteiger partial charge in [-0.2, -0.15) is 0 Å². The van der Waals surface area contributed by atoms with Crippen LogP contribution < -0.4 is 9.47 Å². The highest BCUT2D eigenvalue weighted by Crippen LogP contribution is 2.42. The first-order valence-corrected chi connectivity index (χ1v) is 5.54. The Morgan fingerprint density at radius 3 is 2.80 bits per heavy atom. The van der Waals surface area contributed by atoms with Crippen molar-refractivity contribution in [2.75, 3.05) is 6.79 Å². The summed E-state index contributed by atoms with van der Waals surface area (Å²) in [6.45, 7) is 7.08. The van der Waals surface area contributed by atoms with Crippen molar-refractivity contribution in [1.82, 2.24) is 0 Å². The number of ether oxygens (including phenoxy) is 2. The number of hydrogen-bond acceptors (Lipinski definition) is 2. The van der Waals surface area contributed by atoms with E-state index in [9.17, 15) is 0 Å². The maximum Gasteiger partial charge on any atom is 0.231 e. The van der Waals surface area contributed by atoms with Gasteiger partial charge in [-0.3, -0.25) is 0 Å². The molecule has 0 bridgehead atoms. The first-order chi connectivity index (χ1) is 7.15. The highest BCUT2D eigenvalue weighted by atomic mass is 16.7. The topological polar surface area (TPSA) is 18.5 Å². The van der Waals surface area contributed by atoms with E-state index in [1.54, 1.807) is 0 Å². The van der Waals surface area contributed by atoms with Gasteiger partial charge >= 0.3 is 0 Å². The summed E-state index contributed by atoms with van der Waals surface area (Å²) in [6.07, 6.45) is 2.34. The molecule has 2 rings (SSSR count). The maximum atomic E-state index is 5.54. The predicted molar refractivity (Wildman–Crippen MR) is 60.5 cm³/mol. The van der Waals surface area contributed by atoms with E-state index in [1.807, 2.05) is 12.1 Å². The SMILES string of the molecule is CCCC(C)(C)c1cccc2c1OCO2. The van der Waals surface area contributed by atoms with Crippen molar-refractivity contribution in [2.24, 2.45) is 0 Å². The molecule has 1 aromatic carbocycles. The van der Waals surface area contributed by atoms with E-state index in [1.165, 1.54) is 12.0 Å². The summed E-state index contributed by atoms with van der Waals surface area (Å²) in [4.78, 5) is 0. The molecule has 0 saturated heterocycles. The van der Waals surface area contributed by atoms with Gasteiger partial charge in [-0.15, -0.1) is 0 Å². The normalized spacial score (nSPS) is 14.3. The number of rotatable bonds is 3. The van der Waals surface area contributed by atoms with Gasteiger partial charge in [0, 0.05) is 5.56 Å². The van der Waals surface area contributed by atoms with Crippen LogP contribution in [0.1, 0.15) is 39.2 Å². The number of benzene rings is 1. The molecule has 2 heteroatoms. The first-order valence-electron chi connectivity index (χ1n) is 5.54. The quantitative estimate of drug-likeness (QED) is 0.753. The van der Waals surface area contributed by atoms with E-state index in [0.29, 0.717) is 6.79 Å². The lowest BCUT2D eigenvalue weighted by Gasteiger charge is -2.25. The van der Waals surface area contributed by atoms with Crippen LogP contribution in [0.15, 0.2) is 18.2 Å². The van der Waals surface area contributed by atoms with Crippen LogP contribution >= 0.6 is 0 Å². The van der Waals surface area contributed by atoms with Gasteiger partial charge in [-0.25, -0.2) is 0 Å². The molecule has 0 unspecified atom stereocenters. The van der Waals surface area contributed by atoms with Gasteiger partial charge in [-0.05, 0) is 17.9 Å². The molecule has 0 N–H and O–H groups in total. The van der Waals surface area contributed by atoms with Crippen molar-refractivity contribution in [2.45, 2.75) is 39.0 Å². The Hall–Kier alpha value is -1.18. The molecule has 0 amide bonds. The lowest BCUT2D eigenvalue weighted by molar-refractivity contribution is 0.172. The zero-order chi connectivity index (χ0) is 10.9. The van der Waals surface area contributed by atoms with Crippen LogP contribution in [0.5, 0.6) is 11.5 Å². The minimum Gasteiger partial charge on any atom is -0.454 e. The summed E-state index contributed by atoms with van der Waals surface area (Å²) >= 11 is 0.